The van der Waals surface area contributed by atoms with Gasteiger partial charge in [-0.3, -0.25) is 0 Å². The Morgan fingerprint density at radius 2 is 0.364 bits per heavy atom. The predicted octanol–water partition coefficient (Wildman–Crippen LogP) is -14.1. The van der Waals surface area contributed by atoms with E-state index < -0.39 is 61.9 Å². The molecule has 0 spiro atoms. The summed E-state index contributed by atoms with van der Waals surface area (Å²) in [7, 11) is 0. The van der Waals surface area contributed by atoms with Crippen LogP contribution in [0.25, 0.3) is 0 Å². The van der Waals surface area contributed by atoms with E-state index in [4.69, 9.17) is 31.8 Å². The van der Waals surface area contributed by atoms with Crippen LogP contribution >= 0.6 is 0 Å². The first-order valence-corrected chi connectivity index (χ1v) is 5.66. The number of hydrogen-bond donors (Lipinski definition) is 0. The fraction of sp³-hybridized carbons (Fsp3) is 0. The predicted molar refractivity (Wildman–Crippen MR) is 66.2 cm³/mol. The molecule has 0 saturated carbocycles. The van der Waals surface area contributed by atoms with Crippen LogP contribution in [0.15, 0.2) is 0 Å². The molecule has 0 rings (SSSR count). The zero-order chi connectivity index (χ0) is 10.8. The minimum atomic E-state index is -1.75. The van der Waals surface area contributed by atoms with Crippen LogP contribution < -0.4 is 16.6 Å². The Morgan fingerprint density at radius 1 is 0.364 bits per heavy atom. The average Bonchev–Trinajstić information content (AvgIpc) is 1.92. The molecule has 128 valence electrons. The fourth-order valence-electron chi connectivity index (χ4n) is 0. The van der Waals surface area contributed by atoms with E-state index in [1.165, 1.54) is 0 Å². The molecule has 0 fully saturated rings. The first kappa shape index (κ1) is 121. The molecule has 0 bridgehead atoms. The summed E-state index contributed by atoms with van der Waals surface area (Å²) in [6.45, 7) is 0. The zero-order valence-corrected chi connectivity index (χ0v) is 20.0. The average molecular weight is 460 g/mol. The molecule has 0 aliphatic carbocycles. The van der Waals surface area contributed by atoms with Gasteiger partial charge < -0.3 is 43.8 Å². The summed E-state index contributed by atoms with van der Waals surface area (Å²) in [5.74, 6) is 0. The maximum absolute atomic E-state index is 8.46. The van der Waals surface area contributed by atoms with E-state index in [2.05, 4.69) is 0 Å². The second kappa shape index (κ2) is 271. The molecule has 16 nitrogen and oxygen atoms in total. The number of rotatable bonds is 0. The van der Waals surface area contributed by atoms with Crippen molar-refractivity contribution in [3.8, 4) is 0 Å². The van der Waals surface area contributed by atoms with Gasteiger partial charge in [0, 0.05) is 0 Å². The topological polar surface area (TPSA) is 413 Å². The van der Waals surface area contributed by atoms with E-state index in [1.54, 1.807) is 0 Å². The molecule has 0 aromatic rings. The monoisotopic (exact) mass is 460 g/mol. The van der Waals surface area contributed by atoms with Crippen LogP contribution in [0.2, 0.25) is 0 Å². The molecule has 0 heterocycles. The van der Waals surface area contributed by atoms with Gasteiger partial charge in [-0.2, -0.15) is 0 Å². The van der Waals surface area contributed by atoms with Gasteiger partial charge in [0.15, 0.2) is 0 Å². The van der Waals surface area contributed by atoms with Crippen molar-refractivity contribution in [3.05, 3.63) is 0 Å². The van der Waals surface area contributed by atoms with Crippen LogP contribution in [0.5, 0.6) is 0 Å². The van der Waals surface area contributed by atoms with Gasteiger partial charge in [0.1, 0.15) is 0 Å². The van der Waals surface area contributed by atoms with Gasteiger partial charge in [-0.25, -0.2) is 0 Å². The van der Waals surface area contributed by atoms with Crippen molar-refractivity contribution in [2.75, 3.05) is 0 Å². The normalized spacial score (nSPS) is 1.45. The van der Waals surface area contributed by atoms with Crippen LogP contribution in [0.4, 0.5) is 0 Å². The summed E-state index contributed by atoms with van der Waals surface area (Å²) >= 11 is -7.00. The van der Waals surface area contributed by atoms with Crippen molar-refractivity contribution in [2.24, 2.45) is 0 Å². The Morgan fingerprint density at radius 3 is 0.364 bits per heavy atom. The van der Waals surface area contributed by atoms with Crippen molar-refractivity contribution < 1.29 is 75.7 Å². The van der Waals surface area contributed by atoms with Crippen molar-refractivity contribution in [2.45, 2.75) is 0 Å². The molecule has 0 aromatic carbocycles. The van der Waals surface area contributed by atoms with Crippen LogP contribution in [0.1, 0.15) is 0 Å². The third kappa shape index (κ3) is 1440. The molecule has 22 heteroatoms. The maximum atomic E-state index is 8.46. The molecule has 0 saturated heterocycles. The van der Waals surface area contributed by atoms with Crippen LogP contribution in [0, 0.1) is 0 Å². The first-order chi connectivity index (χ1) is 5.66. The molecule has 0 aliphatic rings. The molecule has 0 unspecified atom stereocenters. The second-order valence-corrected chi connectivity index (χ2v) is 1.15. The SMILES string of the molecule is O.O.O.O.O.O.O.O.[Ca+2].[Ca+2].[O]=[Al][O-].[O]=[Al][O-].[O]=[Al][O-].[O]=[Al][O-]. The molecule has 0 radical (unpaired) electrons. The summed E-state index contributed by atoms with van der Waals surface area (Å²) in [6.07, 6.45) is 0. The zero-order valence-electron chi connectivity index (χ0n) is 11.0. The number of hydrogen-bond acceptors (Lipinski definition) is 8. The van der Waals surface area contributed by atoms with E-state index in [9.17, 15) is 0 Å². The Balaban J connectivity index is -0.00000000281. The van der Waals surface area contributed by atoms with Gasteiger partial charge in [0.2, 0.25) is 0 Å². The minimum absolute atomic E-state index is 0. The molecule has 16 N–H and O–H groups in total. The Hall–Kier alpha value is 2.73. The summed E-state index contributed by atoms with van der Waals surface area (Å²) in [5.41, 5.74) is 0. The Kier molecular flexibility index (Phi) is 1490. The summed E-state index contributed by atoms with van der Waals surface area (Å²) in [5, 5.41) is 0. The van der Waals surface area contributed by atoms with Gasteiger partial charge in [-0.05, 0) is 0 Å². The first-order valence-electron chi connectivity index (χ1n) is 1.89. The van der Waals surface area contributed by atoms with Gasteiger partial charge in [-0.15, -0.1) is 0 Å². The van der Waals surface area contributed by atoms with Crippen molar-refractivity contribution in [3.63, 3.8) is 0 Å². The van der Waals surface area contributed by atoms with E-state index >= 15 is 0 Å². The molecule has 0 amide bonds. The van der Waals surface area contributed by atoms with Crippen LogP contribution in [0.3, 0.4) is 0 Å². The molecule has 0 atom stereocenters. The van der Waals surface area contributed by atoms with Crippen molar-refractivity contribution >= 4 is 137 Å². The molecule has 22 heavy (non-hydrogen) atoms. The second-order valence-electron chi connectivity index (χ2n) is 0.385. The quantitative estimate of drug-likeness (QED) is 0.311. The van der Waals surface area contributed by atoms with E-state index in [-0.39, 0.29) is 119 Å². The van der Waals surface area contributed by atoms with Gasteiger partial charge in [0.25, 0.3) is 0 Å². The third-order valence-electron chi connectivity index (χ3n) is 0. The molecular weight excluding hydrogens is 444 g/mol. The Bertz CT molecular complexity index is 78.1. The third-order valence-corrected chi connectivity index (χ3v) is 0. The van der Waals surface area contributed by atoms with E-state index in [0.717, 1.165) is 0 Å². The van der Waals surface area contributed by atoms with Gasteiger partial charge in [0.05, 0.1) is 0 Å². The van der Waals surface area contributed by atoms with E-state index in [1.807, 2.05) is 0 Å². The van der Waals surface area contributed by atoms with Crippen molar-refractivity contribution in [1.29, 1.82) is 0 Å². The van der Waals surface area contributed by atoms with Gasteiger partial charge >= 0.3 is 169 Å². The van der Waals surface area contributed by atoms with Crippen molar-refractivity contribution in [1.82, 2.24) is 0 Å². The van der Waals surface area contributed by atoms with Gasteiger partial charge in [-0.1, -0.05) is 0 Å². The fourth-order valence-corrected chi connectivity index (χ4v) is 0. The summed E-state index contributed by atoms with van der Waals surface area (Å²) in [6, 6.07) is 0. The van der Waals surface area contributed by atoms with E-state index in [0.29, 0.717) is 0 Å². The summed E-state index contributed by atoms with van der Waals surface area (Å²) in [4.78, 5) is 0. The molecule has 0 aliphatic heterocycles. The summed E-state index contributed by atoms with van der Waals surface area (Å²) < 4.78 is 67.7. The standard InChI is InChI=1S/4Al.2Ca.8H2O.8O/h;;;;;;8*1H2;;;;;;;;/q;;;;2*+2;;;;;;;;;;;;;4*-1. The van der Waals surface area contributed by atoms with Crippen LogP contribution in [-0.4, -0.2) is 181 Å². The molecular formula is H16Al4Ca2O16. The molecule has 0 aromatic heterocycles. The Labute approximate surface area is 209 Å². The van der Waals surface area contributed by atoms with Crippen LogP contribution in [-0.2, 0) is 15.2 Å².